The molecule has 0 spiro atoms. The first-order chi connectivity index (χ1) is 8.31. The molecular weight excluding hydrogens is 232 g/mol. The number of pyridine rings is 1. The maximum Gasteiger partial charge on any atom is 0.172 e. The first-order valence-electron chi connectivity index (χ1n) is 5.15. The van der Waals surface area contributed by atoms with Crippen molar-refractivity contribution in [3.63, 3.8) is 0 Å². The van der Waals surface area contributed by atoms with E-state index in [1.54, 1.807) is 12.3 Å². The molecule has 0 radical (unpaired) electrons. The second-order valence-electron chi connectivity index (χ2n) is 3.59. The van der Waals surface area contributed by atoms with Crippen LogP contribution in [0.15, 0.2) is 52.8 Å². The molecule has 2 heterocycles. The van der Waals surface area contributed by atoms with Crippen LogP contribution in [0.1, 0.15) is 0 Å². The number of aromatic amines is 1. The first kappa shape index (κ1) is 10.2. The van der Waals surface area contributed by atoms with Gasteiger partial charge in [0.15, 0.2) is 5.16 Å². The van der Waals surface area contributed by atoms with Gasteiger partial charge >= 0.3 is 0 Å². The average Bonchev–Trinajstić information content (AvgIpc) is 2.71. The van der Waals surface area contributed by atoms with E-state index in [2.05, 4.69) is 15.0 Å². The number of nitrogens with zero attached hydrogens (tertiary/aromatic N) is 2. The van der Waals surface area contributed by atoms with Gasteiger partial charge in [0, 0.05) is 11.9 Å². The van der Waals surface area contributed by atoms with E-state index >= 15 is 0 Å². The van der Waals surface area contributed by atoms with Crippen molar-refractivity contribution in [2.24, 2.45) is 0 Å². The van der Waals surface area contributed by atoms with Gasteiger partial charge in [-0.1, -0.05) is 12.1 Å². The van der Waals surface area contributed by atoms with E-state index in [0.29, 0.717) is 5.69 Å². The molecule has 17 heavy (non-hydrogen) atoms. The zero-order valence-corrected chi connectivity index (χ0v) is 9.74. The summed E-state index contributed by atoms with van der Waals surface area (Å²) in [4.78, 5) is 11.9. The molecule has 0 aliphatic rings. The molecule has 4 nitrogen and oxygen atoms in total. The summed E-state index contributed by atoms with van der Waals surface area (Å²) in [5.74, 6) is 0. The van der Waals surface area contributed by atoms with E-state index in [1.165, 1.54) is 11.8 Å². The van der Waals surface area contributed by atoms with Gasteiger partial charge in [-0.15, -0.1) is 0 Å². The molecule has 0 amide bonds. The van der Waals surface area contributed by atoms with E-state index in [9.17, 15) is 0 Å². The molecule has 84 valence electrons. The summed E-state index contributed by atoms with van der Waals surface area (Å²) in [6.45, 7) is 0. The van der Waals surface area contributed by atoms with E-state index in [4.69, 9.17) is 5.73 Å². The molecule has 0 aliphatic carbocycles. The molecule has 0 unspecified atom stereocenters. The highest BCUT2D eigenvalue weighted by atomic mass is 32.2. The summed E-state index contributed by atoms with van der Waals surface area (Å²) in [6.07, 6.45) is 1.69. The van der Waals surface area contributed by atoms with Crippen LogP contribution in [0, 0.1) is 0 Å². The monoisotopic (exact) mass is 242 g/mol. The largest absolute Gasteiger partial charge is 0.399 e. The number of fused-ring (bicyclic) bond motifs is 1. The van der Waals surface area contributed by atoms with E-state index < -0.39 is 0 Å². The van der Waals surface area contributed by atoms with E-state index in [-0.39, 0.29) is 0 Å². The second kappa shape index (κ2) is 4.10. The van der Waals surface area contributed by atoms with Crippen molar-refractivity contribution in [2.45, 2.75) is 10.2 Å². The van der Waals surface area contributed by atoms with Crippen LogP contribution in [-0.2, 0) is 0 Å². The van der Waals surface area contributed by atoms with Gasteiger partial charge in [0.2, 0.25) is 0 Å². The van der Waals surface area contributed by atoms with Crippen LogP contribution >= 0.6 is 11.8 Å². The van der Waals surface area contributed by atoms with Gasteiger partial charge in [0.1, 0.15) is 5.03 Å². The summed E-state index contributed by atoms with van der Waals surface area (Å²) in [5.41, 5.74) is 8.39. The van der Waals surface area contributed by atoms with Crippen LogP contribution in [0.25, 0.3) is 11.0 Å². The van der Waals surface area contributed by atoms with Crippen LogP contribution in [0.5, 0.6) is 0 Å². The highest BCUT2D eigenvalue weighted by Crippen LogP contribution is 2.26. The van der Waals surface area contributed by atoms with Gasteiger partial charge in [-0.25, -0.2) is 9.97 Å². The summed E-state index contributed by atoms with van der Waals surface area (Å²) < 4.78 is 0. The molecule has 5 heteroatoms. The molecule has 0 fully saturated rings. The minimum atomic E-state index is 0.707. The fourth-order valence-electron chi connectivity index (χ4n) is 1.56. The number of hydrogen-bond donors (Lipinski definition) is 2. The van der Waals surface area contributed by atoms with Gasteiger partial charge in [-0.05, 0) is 36.0 Å². The second-order valence-corrected chi connectivity index (χ2v) is 4.60. The molecule has 2 aromatic heterocycles. The van der Waals surface area contributed by atoms with Crippen molar-refractivity contribution in [1.82, 2.24) is 15.0 Å². The number of nitrogens with two attached hydrogens (primary N) is 1. The lowest BCUT2D eigenvalue weighted by Crippen LogP contribution is -1.87. The van der Waals surface area contributed by atoms with E-state index in [0.717, 1.165) is 21.2 Å². The Morgan fingerprint density at radius 3 is 2.88 bits per heavy atom. The summed E-state index contributed by atoms with van der Waals surface area (Å²) in [7, 11) is 0. The van der Waals surface area contributed by atoms with Crippen molar-refractivity contribution >= 4 is 28.5 Å². The fraction of sp³-hybridized carbons (Fsp3) is 0. The zero-order chi connectivity index (χ0) is 11.7. The molecule has 3 aromatic rings. The van der Waals surface area contributed by atoms with Gasteiger partial charge in [0.05, 0.1) is 11.0 Å². The Kier molecular flexibility index (Phi) is 2.45. The summed E-state index contributed by atoms with van der Waals surface area (Å²) >= 11 is 1.47. The standard InChI is InChI=1S/C12H10N4S/c13-8-5-6-14-11(7-8)17-12-15-9-3-1-2-4-10(9)16-12/h1-7H,(H2,13,14)(H,15,16). The Hall–Kier alpha value is -2.01. The summed E-state index contributed by atoms with van der Waals surface area (Å²) in [5, 5.41) is 1.66. The number of nitrogen functional groups attached to an aromatic ring is 1. The normalized spacial score (nSPS) is 10.8. The Balaban J connectivity index is 1.94. The molecule has 3 rings (SSSR count). The van der Waals surface area contributed by atoms with Gasteiger partial charge in [0.25, 0.3) is 0 Å². The maximum atomic E-state index is 5.70. The number of aromatic nitrogens is 3. The number of nitrogens with one attached hydrogen (secondary N) is 1. The molecule has 1 aromatic carbocycles. The Labute approximate surface area is 102 Å². The fourth-order valence-corrected chi connectivity index (χ4v) is 2.37. The number of imidazole rings is 1. The van der Waals surface area contributed by atoms with Crippen LogP contribution in [0.3, 0.4) is 0 Å². The zero-order valence-electron chi connectivity index (χ0n) is 8.92. The maximum absolute atomic E-state index is 5.70. The molecular formula is C12H10N4S. The molecule has 0 aliphatic heterocycles. The number of para-hydroxylation sites is 2. The van der Waals surface area contributed by atoms with Gasteiger partial charge in [-0.3, -0.25) is 0 Å². The Bertz CT molecular complexity index is 629. The molecule has 0 saturated carbocycles. The number of benzene rings is 1. The predicted molar refractivity (Wildman–Crippen MR) is 68.9 cm³/mol. The Morgan fingerprint density at radius 2 is 2.06 bits per heavy atom. The minimum absolute atomic E-state index is 0.707. The smallest absolute Gasteiger partial charge is 0.172 e. The number of H-pyrrole nitrogens is 1. The number of hydrogen-bond acceptors (Lipinski definition) is 4. The SMILES string of the molecule is Nc1ccnc(Sc2nc3ccccc3[nH]2)c1. The number of anilines is 1. The average molecular weight is 242 g/mol. The van der Waals surface area contributed by atoms with Crippen LogP contribution in [-0.4, -0.2) is 15.0 Å². The third-order valence-corrected chi connectivity index (χ3v) is 3.15. The van der Waals surface area contributed by atoms with E-state index in [1.807, 2.05) is 30.3 Å². The highest BCUT2D eigenvalue weighted by molar-refractivity contribution is 7.99. The predicted octanol–water partition coefficient (Wildman–Crippen LogP) is 2.69. The summed E-state index contributed by atoms with van der Waals surface area (Å²) in [6, 6.07) is 11.5. The lowest BCUT2D eigenvalue weighted by atomic mass is 10.3. The van der Waals surface area contributed by atoms with Crippen molar-refractivity contribution in [3.8, 4) is 0 Å². The van der Waals surface area contributed by atoms with Crippen molar-refractivity contribution in [2.75, 3.05) is 5.73 Å². The van der Waals surface area contributed by atoms with Crippen molar-refractivity contribution in [3.05, 3.63) is 42.6 Å². The molecule has 0 saturated heterocycles. The quantitative estimate of drug-likeness (QED) is 0.725. The minimum Gasteiger partial charge on any atom is -0.399 e. The third kappa shape index (κ3) is 2.09. The van der Waals surface area contributed by atoms with Gasteiger partial charge < -0.3 is 10.7 Å². The first-order valence-corrected chi connectivity index (χ1v) is 5.97. The molecule has 3 N–H and O–H groups in total. The van der Waals surface area contributed by atoms with Crippen LogP contribution in [0.2, 0.25) is 0 Å². The third-order valence-electron chi connectivity index (χ3n) is 2.33. The molecule has 0 bridgehead atoms. The van der Waals surface area contributed by atoms with Crippen molar-refractivity contribution < 1.29 is 0 Å². The van der Waals surface area contributed by atoms with Crippen LogP contribution in [0.4, 0.5) is 5.69 Å². The highest BCUT2D eigenvalue weighted by Gasteiger charge is 2.04. The number of rotatable bonds is 2. The Morgan fingerprint density at radius 1 is 1.18 bits per heavy atom. The molecule has 0 atom stereocenters. The van der Waals surface area contributed by atoms with Crippen LogP contribution < -0.4 is 5.73 Å². The van der Waals surface area contributed by atoms with Gasteiger partial charge in [-0.2, -0.15) is 0 Å². The lowest BCUT2D eigenvalue weighted by molar-refractivity contribution is 1.06. The lowest BCUT2D eigenvalue weighted by Gasteiger charge is -1.97. The topological polar surface area (TPSA) is 67.6 Å². The van der Waals surface area contributed by atoms with Crippen molar-refractivity contribution in [1.29, 1.82) is 0 Å².